The van der Waals surface area contributed by atoms with Gasteiger partial charge in [-0.05, 0) is 35.9 Å². The van der Waals surface area contributed by atoms with Gasteiger partial charge in [0, 0.05) is 24.1 Å². The number of para-hydroxylation sites is 2. The summed E-state index contributed by atoms with van der Waals surface area (Å²) in [6, 6.07) is 21.1. The highest BCUT2D eigenvalue weighted by molar-refractivity contribution is 6.31. The number of anilines is 1. The zero-order valence-electron chi connectivity index (χ0n) is 20.3. The fourth-order valence-electron chi connectivity index (χ4n) is 4.01. The lowest BCUT2D eigenvalue weighted by Crippen LogP contribution is -2.41. The molecule has 0 bridgehead atoms. The first kappa shape index (κ1) is 25.1. The lowest BCUT2D eigenvalue weighted by Gasteiger charge is -2.25. The van der Waals surface area contributed by atoms with Crippen molar-refractivity contribution in [1.29, 1.82) is 0 Å². The van der Waals surface area contributed by atoms with Crippen LogP contribution in [0.3, 0.4) is 0 Å². The van der Waals surface area contributed by atoms with E-state index in [0.717, 1.165) is 16.8 Å². The number of hydrazone groups is 1. The maximum atomic E-state index is 13.4. The minimum atomic E-state index is -0.446. The van der Waals surface area contributed by atoms with Crippen molar-refractivity contribution in [3.8, 4) is 11.5 Å². The van der Waals surface area contributed by atoms with Crippen LogP contribution in [0.4, 0.5) is 10.5 Å². The molecule has 0 spiro atoms. The Kier molecular flexibility index (Phi) is 7.75. The highest BCUT2D eigenvalue weighted by Crippen LogP contribution is 2.36. The molecule has 0 aliphatic carbocycles. The van der Waals surface area contributed by atoms with Crippen LogP contribution < -0.4 is 14.8 Å². The zero-order chi connectivity index (χ0) is 25.7. The lowest BCUT2D eigenvalue weighted by molar-refractivity contribution is -0.133. The smallest absolute Gasteiger partial charge is 0.322 e. The first-order valence-electron chi connectivity index (χ1n) is 11.3. The number of nitrogens with zero attached hydrogens (tertiary/aromatic N) is 3. The van der Waals surface area contributed by atoms with Gasteiger partial charge in [0.25, 0.3) is 5.91 Å². The number of urea groups is 1. The predicted molar refractivity (Wildman–Crippen MR) is 140 cm³/mol. The summed E-state index contributed by atoms with van der Waals surface area (Å²) in [6.45, 7) is -0.184. The van der Waals surface area contributed by atoms with E-state index in [2.05, 4.69) is 10.4 Å². The summed E-state index contributed by atoms with van der Waals surface area (Å²) < 4.78 is 10.6. The van der Waals surface area contributed by atoms with Crippen molar-refractivity contribution in [2.24, 2.45) is 5.10 Å². The molecule has 0 fully saturated rings. The average molecular weight is 507 g/mol. The van der Waals surface area contributed by atoms with Crippen molar-refractivity contribution in [2.75, 3.05) is 33.1 Å². The molecule has 1 aliphatic rings. The SMILES string of the molecule is COc1cccc(C2=NN(C(=O)CN(C)C(=O)Nc3ccccc3OC)[C@@H](c3ccccc3Cl)C2)c1. The first-order chi connectivity index (χ1) is 17.4. The van der Waals surface area contributed by atoms with E-state index in [0.29, 0.717) is 28.6 Å². The third-order valence-electron chi connectivity index (χ3n) is 5.90. The van der Waals surface area contributed by atoms with Gasteiger partial charge < -0.3 is 19.7 Å². The standard InChI is InChI=1S/C27H27ClN4O4/c1-31(27(34)29-22-13-6-7-14-25(22)36-3)17-26(33)32-24(20-11-4-5-12-21(20)28)16-23(30-32)18-9-8-10-19(15-18)35-2/h4-15,24H,16-17H2,1-3H3,(H,29,34)/t24-/m1/s1. The molecule has 1 atom stereocenters. The van der Waals surface area contributed by atoms with E-state index >= 15 is 0 Å². The molecule has 0 saturated carbocycles. The summed E-state index contributed by atoms with van der Waals surface area (Å²) in [5.74, 6) is 0.883. The van der Waals surface area contributed by atoms with Gasteiger partial charge in [0.15, 0.2) is 0 Å². The molecule has 0 saturated heterocycles. The molecule has 3 aromatic carbocycles. The third-order valence-corrected chi connectivity index (χ3v) is 6.24. The van der Waals surface area contributed by atoms with Crippen LogP contribution in [0.1, 0.15) is 23.6 Å². The quantitative estimate of drug-likeness (QED) is 0.477. The molecular formula is C27H27ClN4O4. The number of benzene rings is 3. The number of amides is 3. The van der Waals surface area contributed by atoms with Crippen LogP contribution in [0.2, 0.25) is 5.02 Å². The van der Waals surface area contributed by atoms with E-state index in [-0.39, 0.29) is 12.5 Å². The van der Waals surface area contributed by atoms with Gasteiger partial charge in [-0.3, -0.25) is 4.79 Å². The Labute approximate surface area is 215 Å². The van der Waals surface area contributed by atoms with Crippen LogP contribution in [0.25, 0.3) is 0 Å². The Morgan fingerprint density at radius 3 is 2.56 bits per heavy atom. The van der Waals surface area contributed by atoms with Crippen molar-refractivity contribution >= 4 is 34.9 Å². The Hall–Kier alpha value is -4.04. The Morgan fingerprint density at radius 1 is 1.06 bits per heavy atom. The van der Waals surface area contributed by atoms with Crippen molar-refractivity contribution in [3.05, 3.63) is 88.9 Å². The van der Waals surface area contributed by atoms with E-state index < -0.39 is 12.1 Å². The van der Waals surface area contributed by atoms with Crippen molar-refractivity contribution in [3.63, 3.8) is 0 Å². The summed E-state index contributed by atoms with van der Waals surface area (Å²) in [4.78, 5) is 27.5. The van der Waals surface area contributed by atoms with E-state index in [4.69, 9.17) is 21.1 Å². The van der Waals surface area contributed by atoms with Gasteiger partial charge in [-0.15, -0.1) is 0 Å². The molecule has 3 aromatic rings. The lowest BCUT2D eigenvalue weighted by atomic mass is 9.98. The molecule has 1 N–H and O–H groups in total. The second-order valence-corrected chi connectivity index (χ2v) is 8.65. The number of methoxy groups -OCH3 is 2. The number of likely N-dealkylation sites (N-methyl/N-ethyl adjacent to an activating group) is 1. The zero-order valence-corrected chi connectivity index (χ0v) is 21.0. The predicted octanol–water partition coefficient (Wildman–Crippen LogP) is 5.20. The minimum Gasteiger partial charge on any atom is -0.497 e. The van der Waals surface area contributed by atoms with Crippen LogP contribution in [-0.4, -0.2) is 55.4 Å². The third kappa shape index (κ3) is 5.44. The Morgan fingerprint density at radius 2 is 1.81 bits per heavy atom. The number of nitrogens with one attached hydrogen (secondary N) is 1. The van der Waals surface area contributed by atoms with Crippen molar-refractivity contribution < 1.29 is 19.1 Å². The van der Waals surface area contributed by atoms with E-state index in [1.54, 1.807) is 38.4 Å². The highest BCUT2D eigenvalue weighted by Gasteiger charge is 2.35. The van der Waals surface area contributed by atoms with Crippen LogP contribution in [0.15, 0.2) is 77.9 Å². The minimum absolute atomic E-state index is 0.184. The van der Waals surface area contributed by atoms with Gasteiger partial charge in [0.05, 0.1) is 31.7 Å². The number of carbonyl (C=O) groups is 2. The second kappa shape index (κ2) is 11.1. The molecule has 3 amide bonds. The summed E-state index contributed by atoms with van der Waals surface area (Å²) in [7, 11) is 4.68. The Balaban J connectivity index is 1.56. The van der Waals surface area contributed by atoms with E-state index in [1.165, 1.54) is 17.0 Å². The van der Waals surface area contributed by atoms with Gasteiger partial charge in [0.1, 0.15) is 18.0 Å². The molecule has 1 heterocycles. The first-order valence-corrected chi connectivity index (χ1v) is 11.7. The van der Waals surface area contributed by atoms with Crippen molar-refractivity contribution in [1.82, 2.24) is 9.91 Å². The topological polar surface area (TPSA) is 83.5 Å². The maximum Gasteiger partial charge on any atom is 0.322 e. The van der Waals surface area contributed by atoms with E-state index in [9.17, 15) is 9.59 Å². The molecule has 0 unspecified atom stereocenters. The molecule has 1 aliphatic heterocycles. The molecule has 36 heavy (non-hydrogen) atoms. The van der Waals surface area contributed by atoms with Gasteiger partial charge in [-0.1, -0.05) is 54.1 Å². The molecular weight excluding hydrogens is 480 g/mol. The largest absolute Gasteiger partial charge is 0.497 e. The van der Waals surface area contributed by atoms with E-state index in [1.807, 2.05) is 48.5 Å². The molecule has 8 nitrogen and oxygen atoms in total. The summed E-state index contributed by atoms with van der Waals surface area (Å²) in [5, 5.41) is 9.41. The summed E-state index contributed by atoms with van der Waals surface area (Å²) >= 11 is 6.50. The molecule has 4 rings (SSSR count). The second-order valence-electron chi connectivity index (χ2n) is 8.24. The monoisotopic (exact) mass is 506 g/mol. The number of carbonyl (C=O) groups excluding carboxylic acids is 2. The average Bonchev–Trinajstić information content (AvgIpc) is 3.34. The summed E-state index contributed by atoms with van der Waals surface area (Å²) in [6.07, 6.45) is 0.472. The van der Waals surface area contributed by atoms with Gasteiger partial charge >= 0.3 is 6.03 Å². The van der Waals surface area contributed by atoms with Gasteiger partial charge in [-0.25, -0.2) is 9.80 Å². The molecule has 186 valence electrons. The maximum absolute atomic E-state index is 13.4. The van der Waals surface area contributed by atoms with Crippen molar-refractivity contribution in [2.45, 2.75) is 12.5 Å². The molecule has 9 heteroatoms. The van der Waals surface area contributed by atoms with Gasteiger partial charge in [-0.2, -0.15) is 5.10 Å². The number of hydrogen-bond acceptors (Lipinski definition) is 5. The number of hydrogen-bond donors (Lipinski definition) is 1. The number of rotatable bonds is 7. The van der Waals surface area contributed by atoms with Gasteiger partial charge in [0.2, 0.25) is 0 Å². The fraction of sp³-hybridized carbons (Fsp3) is 0.222. The number of ether oxygens (including phenoxy) is 2. The molecule has 0 aromatic heterocycles. The number of halogens is 1. The normalized spacial score (nSPS) is 14.7. The highest BCUT2D eigenvalue weighted by atomic mass is 35.5. The van der Waals surface area contributed by atoms with Crippen LogP contribution in [0.5, 0.6) is 11.5 Å². The fourth-order valence-corrected chi connectivity index (χ4v) is 4.27. The molecule has 0 radical (unpaired) electrons. The van der Waals surface area contributed by atoms with Crippen LogP contribution in [0, 0.1) is 0 Å². The van der Waals surface area contributed by atoms with Crippen LogP contribution in [-0.2, 0) is 4.79 Å². The Bertz CT molecular complexity index is 1300. The summed E-state index contributed by atoms with van der Waals surface area (Å²) in [5.41, 5.74) is 2.88. The van der Waals surface area contributed by atoms with Crippen LogP contribution >= 0.6 is 11.6 Å².